The van der Waals surface area contributed by atoms with Gasteiger partial charge < -0.3 is 16.0 Å². The average Bonchev–Trinajstić information content (AvgIpc) is 2.38. The summed E-state index contributed by atoms with van der Waals surface area (Å²) in [5.74, 6) is -0.0727. The molecule has 0 aliphatic carbocycles. The lowest BCUT2D eigenvalue weighted by Crippen LogP contribution is -2.43. The quantitative estimate of drug-likeness (QED) is 0.757. The highest BCUT2D eigenvalue weighted by molar-refractivity contribution is 6.31. The van der Waals surface area contributed by atoms with Crippen molar-refractivity contribution in [3.05, 3.63) is 23.2 Å². The highest BCUT2D eigenvalue weighted by Gasteiger charge is 2.16. The van der Waals surface area contributed by atoms with E-state index in [2.05, 4.69) is 29.0 Å². The van der Waals surface area contributed by atoms with Crippen molar-refractivity contribution in [2.24, 2.45) is 0 Å². The molecule has 0 aliphatic rings. The Morgan fingerprint density at radius 2 is 2.10 bits per heavy atom. The van der Waals surface area contributed by atoms with E-state index >= 15 is 0 Å². The number of carbonyl (C=O) groups is 1. The van der Waals surface area contributed by atoms with Crippen LogP contribution in [0.2, 0.25) is 5.02 Å². The first-order valence-corrected chi connectivity index (χ1v) is 7.45. The summed E-state index contributed by atoms with van der Waals surface area (Å²) >= 11 is 5.84. The normalized spacial score (nSPS) is 12.7. The highest BCUT2D eigenvalue weighted by atomic mass is 35.5. The number of nitrogen functional groups attached to an aromatic ring is 1. The molecule has 0 aliphatic heterocycles. The molecular weight excluding hydrogens is 288 g/mol. The van der Waals surface area contributed by atoms with Gasteiger partial charge in [-0.1, -0.05) is 18.5 Å². The van der Waals surface area contributed by atoms with Gasteiger partial charge in [-0.05, 0) is 45.8 Å². The minimum absolute atomic E-state index is 0.0727. The van der Waals surface area contributed by atoms with Gasteiger partial charge in [-0.15, -0.1) is 0 Å². The smallest absolute Gasteiger partial charge is 0.238 e. The first-order chi connectivity index (χ1) is 9.83. The van der Waals surface area contributed by atoms with Crippen molar-refractivity contribution >= 4 is 28.9 Å². The van der Waals surface area contributed by atoms with Crippen LogP contribution in [-0.4, -0.2) is 55.5 Å². The average molecular weight is 313 g/mol. The van der Waals surface area contributed by atoms with E-state index in [1.54, 1.807) is 18.2 Å². The zero-order chi connectivity index (χ0) is 16.0. The molecule has 5 nitrogen and oxygen atoms in total. The van der Waals surface area contributed by atoms with Gasteiger partial charge in [0.05, 0.1) is 17.9 Å². The molecule has 0 saturated heterocycles. The molecule has 0 radical (unpaired) electrons. The molecular formula is C15H25ClN4O. The number of likely N-dealkylation sites (N-methyl/N-ethyl adjacent to an activating group) is 2. The zero-order valence-electron chi connectivity index (χ0n) is 13.2. The number of nitrogens with two attached hydrogens (primary N) is 1. The Kier molecular flexibility index (Phi) is 6.95. The number of halogens is 1. The van der Waals surface area contributed by atoms with Crippen molar-refractivity contribution in [2.45, 2.75) is 19.9 Å². The summed E-state index contributed by atoms with van der Waals surface area (Å²) in [5, 5.41) is 3.39. The molecule has 118 valence electrons. The van der Waals surface area contributed by atoms with Gasteiger partial charge in [0.15, 0.2) is 0 Å². The maximum Gasteiger partial charge on any atom is 0.238 e. The predicted octanol–water partition coefficient (Wildman–Crippen LogP) is 2.13. The van der Waals surface area contributed by atoms with Crippen molar-refractivity contribution in [3.8, 4) is 0 Å². The van der Waals surface area contributed by atoms with Crippen LogP contribution in [-0.2, 0) is 4.79 Å². The van der Waals surface area contributed by atoms with E-state index in [0.717, 1.165) is 13.1 Å². The summed E-state index contributed by atoms with van der Waals surface area (Å²) in [6, 6.07) is 5.36. The van der Waals surface area contributed by atoms with Crippen LogP contribution in [0.3, 0.4) is 0 Å². The number of anilines is 2. The molecule has 1 unspecified atom stereocenters. The van der Waals surface area contributed by atoms with Crippen LogP contribution in [0.15, 0.2) is 18.2 Å². The molecule has 1 aromatic carbocycles. The van der Waals surface area contributed by atoms with Crippen LogP contribution < -0.4 is 11.1 Å². The molecule has 1 aromatic rings. The Morgan fingerprint density at radius 3 is 2.62 bits per heavy atom. The molecule has 0 bridgehead atoms. The van der Waals surface area contributed by atoms with Gasteiger partial charge in [0.1, 0.15) is 0 Å². The van der Waals surface area contributed by atoms with E-state index in [-0.39, 0.29) is 5.91 Å². The largest absolute Gasteiger partial charge is 0.397 e. The molecule has 1 atom stereocenters. The van der Waals surface area contributed by atoms with E-state index in [9.17, 15) is 4.79 Å². The standard InChI is InChI=1S/C15H25ClN4O/c1-5-20(11(2)9-19(3)4)10-15(21)18-14-7-6-12(16)8-13(14)17/h6-8,11H,5,9-10,17H2,1-4H3,(H,18,21). The Balaban J connectivity index is 2.62. The Morgan fingerprint density at radius 1 is 1.43 bits per heavy atom. The summed E-state index contributed by atoms with van der Waals surface area (Å²) in [4.78, 5) is 16.4. The van der Waals surface area contributed by atoms with E-state index in [0.29, 0.717) is 29.0 Å². The molecule has 0 saturated carbocycles. The summed E-state index contributed by atoms with van der Waals surface area (Å²) in [5.41, 5.74) is 6.91. The van der Waals surface area contributed by atoms with Gasteiger partial charge in [-0.3, -0.25) is 9.69 Å². The molecule has 21 heavy (non-hydrogen) atoms. The van der Waals surface area contributed by atoms with Gasteiger partial charge >= 0.3 is 0 Å². The SMILES string of the molecule is CCN(CC(=O)Nc1ccc(Cl)cc1N)C(C)CN(C)C. The van der Waals surface area contributed by atoms with Crippen molar-refractivity contribution in [3.63, 3.8) is 0 Å². The zero-order valence-corrected chi connectivity index (χ0v) is 13.9. The van der Waals surface area contributed by atoms with Crippen LogP contribution >= 0.6 is 11.6 Å². The van der Waals surface area contributed by atoms with Crippen LogP contribution in [0.1, 0.15) is 13.8 Å². The minimum Gasteiger partial charge on any atom is -0.397 e. The van der Waals surface area contributed by atoms with E-state index in [1.165, 1.54) is 0 Å². The maximum atomic E-state index is 12.2. The fraction of sp³-hybridized carbons (Fsp3) is 0.533. The van der Waals surface area contributed by atoms with Crippen molar-refractivity contribution in [2.75, 3.05) is 44.8 Å². The number of hydrogen-bond acceptors (Lipinski definition) is 4. The monoisotopic (exact) mass is 312 g/mol. The van der Waals surface area contributed by atoms with Crippen molar-refractivity contribution in [1.82, 2.24) is 9.80 Å². The molecule has 6 heteroatoms. The summed E-state index contributed by atoms with van der Waals surface area (Å²) in [7, 11) is 4.05. The second-order valence-corrected chi connectivity index (χ2v) is 5.89. The van der Waals surface area contributed by atoms with Crippen molar-refractivity contribution in [1.29, 1.82) is 0 Å². The first-order valence-electron chi connectivity index (χ1n) is 7.07. The molecule has 0 heterocycles. The number of nitrogens with zero attached hydrogens (tertiary/aromatic N) is 2. The second-order valence-electron chi connectivity index (χ2n) is 5.45. The van der Waals surface area contributed by atoms with E-state index in [4.69, 9.17) is 17.3 Å². The third-order valence-electron chi connectivity index (χ3n) is 3.29. The minimum atomic E-state index is -0.0727. The first kappa shape index (κ1) is 17.8. The lowest BCUT2D eigenvalue weighted by Gasteiger charge is -2.29. The summed E-state index contributed by atoms with van der Waals surface area (Å²) < 4.78 is 0. The van der Waals surface area contributed by atoms with Crippen LogP contribution in [0.4, 0.5) is 11.4 Å². The molecule has 1 rings (SSSR count). The second kappa shape index (κ2) is 8.22. The summed E-state index contributed by atoms with van der Waals surface area (Å²) in [6.45, 7) is 6.24. The number of nitrogens with one attached hydrogen (secondary N) is 1. The van der Waals surface area contributed by atoms with Crippen LogP contribution in [0, 0.1) is 0 Å². The Bertz CT molecular complexity index is 479. The van der Waals surface area contributed by atoms with Gasteiger partial charge in [0.25, 0.3) is 0 Å². The number of rotatable bonds is 7. The summed E-state index contributed by atoms with van der Waals surface area (Å²) in [6.07, 6.45) is 0. The number of carbonyl (C=O) groups excluding carboxylic acids is 1. The molecule has 0 spiro atoms. The predicted molar refractivity (Wildman–Crippen MR) is 89.8 cm³/mol. The topological polar surface area (TPSA) is 61.6 Å². The molecule has 1 amide bonds. The third kappa shape index (κ3) is 5.91. The van der Waals surface area contributed by atoms with Gasteiger partial charge in [-0.2, -0.15) is 0 Å². The van der Waals surface area contributed by atoms with E-state index in [1.807, 2.05) is 14.1 Å². The third-order valence-corrected chi connectivity index (χ3v) is 3.53. The lowest BCUT2D eigenvalue weighted by atomic mass is 10.2. The lowest BCUT2D eigenvalue weighted by molar-refractivity contribution is -0.117. The fourth-order valence-electron chi connectivity index (χ4n) is 2.24. The van der Waals surface area contributed by atoms with Crippen LogP contribution in [0.5, 0.6) is 0 Å². The number of hydrogen-bond donors (Lipinski definition) is 2. The van der Waals surface area contributed by atoms with Crippen LogP contribution in [0.25, 0.3) is 0 Å². The number of benzene rings is 1. The molecule has 3 N–H and O–H groups in total. The van der Waals surface area contributed by atoms with Crippen molar-refractivity contribution < 1.29 is 4.79 Å². The molecule has 0 aromatic heterocycles. The maximum absolute atomic E-state index is 12.2. The fourth-order valence-corrected chi connectivity index (χ4v) is 2.43. The number of amides is 1. The van der Waals surface area contributed by atoms with Gasteiger partial charge in [-0.25, -0.2) is 0 Å². The molecule has 0 fully saturated rings. The van der Waals surface area contributed by atoms with Gasteiger partial charge in [0.2, 0.25) is 5.91 Å². The Hall–Kier alpha value is -1.30. The highest BCUT2D eigenvalue weighted by Crippen LogP contribution is 2.22. The van der Waals surface area contributed by atoms with E-state index < -0.39 is 0 Å². The Labute approximate surface area is 132 Å². The van der Waals surface area contributed by atoms with Gasteiger partial charge in [0, 0.05) is 17.6 Å².